The lowest BCUT2D eigenvalue weighted by molar-refractivity contribution is 0.0978. The van der Waals surface area contributed by atoms with Gasteiger partial charge in [0.2, 0.25) is 0 Å². The van der Waals surface area contributed by atoms with Gasteiger partial charge in [0.1, 0.15) is 0 Å². The van der Waals surface area contributed by atoms with Crippen molar-refractivity contribution in [3.05, 3.63) is 40.7 Å². The molecule has 2 aromatic heterocycles. The Bertz CT molecular complexity index is 908. The van der Waals surface area contributed by atoms with Gasteiger partial charge >= 0.3 is 0 Å². The summed E-state index contributed by atoms with van der Waals surface area (Å²) in [5.41, 5.74) is 2.31. The van der Waals surface area contributed by atoms with Gasteiger partial charge in [0.25, 0.3) is 5.91 Å². The quantitative estimate of drug-likeness (QED) is 0.596. The average Bonchev–Trinajstić information content (AvgIpc) is 3.29. The fourth-order valence-electron chi connectivity index (χ4n) is 2.94. The number of anilines is 1. The first kappa shape index (κ1) is 19.8. The van der Waals surface area contributed by atoms with Gasteiger partial charge < -0.3 is 4.90 Å². The summed E-state index contributed by atoms with van der Waals surface area (Å²) in [5.74, 6) is -0.143. The van der Waals surface area contributed by atoms with Crippen LogP contribution in [0.5, 0.6) is 0 Å². The second-order valence-electron chi connectivity index (χ2n) is 6.40. The molecule has 0 spiro atoms. The lowest BCUT2D eigenvalue weighted by Crippen LogP contribution is -2.39. The predicted octanol–water partition coefficient (Wildman–Crippen LogP) is 3.98. The number of aryl methyl sites for hydroxylation is 2. The van der Waals surface area contributed by atoms with E-state index in [0.29, 0.717) is 22.4 Å². The fourth-order valence-corrected chi connectivity index (χ4v) is 4.28. The van der Waals surface area contributed by atoms with Crippen LogP contribution >= 0.6 is 22.9 Å². The van der Waals surface area contributed by atoms with Gasteiger partial charge in [-0.2, -0.15) is 5.10 Å². The number of amides is 1. The Hall–Kier alpha value is -1.96. The van der Waals surface area contributed by atoms with E-state index in [0.717, 1.165) is 35.4 Å². The number of benzene rings is 1. The number of carbonyl (C=O) groups excluding carboxylic acids is 1. The second-order valence-corrected chi connectivity index (χ2v) is 7.78. The van der Waals surface area contributed by atoms with E-state index in [4.69, 9.17) is 16.6 Å². The SMILES string of the molecule is CCN(CC)CCN(C(=O)c1ccn(C)n1)c1nc2c(C)ccc(Cl)c2s1. The van der Waals surface area contributed by atoms with Crippen LogP contribution < -0.4 is 4.90 Å². The van der Waals surface area contributed by atoms with Crippen LogP contribution in [-0.4, -0.2) is 51.8 Å². The average molecular weight is 406 g/mol. The van der Waals surface area contributed by atoms with Crippen molar-refractivity contribution in [3.8, 4) is 0 Å². The first-order valence-electron chi connectivity index (χ1n) is 9.04. The fraction of sp³-hybridized carbons (Fsp3) is 0.421. The van der Waals surface area contributed by atoms with E-state index in [-0.39, 0.29) is 5.91 Å². The van der Waals surface area contributed by atoms with E-state index < -0.39 is 0 Å². The van der Waals surface area contributed by atoms with Crippen LogP contribution in [0, 0.1) is 6.92 Å². The van der Waals surface area contributed by atoms with Gasteiger partial charge in [-0.3, -0.25) is 14.4 Å². The molecule has 0 aliphatic rings. The normalized spacial score (nSPS) is 11.5. The van der Waals surface area contributed by atoms with Gasteiger partial charge in [-0.05, 0) is 37.7 Å². The summed E-state index contributed by atoms with van der Waals surface area (Å²) >= 11 is 7.81. The van der Waals surface area contributed by atoms with E-state index >= 15 is 0 Å². The minimum atomic E-state index is -0.143. The molecule has 6 nitrogen and oxygen atoms in total. The molecule has 0 radical (unpaired) electrons. The number of nitrogens with zero attached hydrogens (tertiary/aromatic N) is 5. The standard InChI is InChI=1S/C19H24ClN5OS/c1-5-24(6-2)11-12-25(18(26)15-9-10-23(4)22-15)19-21-16-13(3)7-8-14(20)17(16)27-19/h7-10H,5-6,11-12H2,1-4H3. The Morgan fingerprint density at radius 1 is 1.22 bits per heavy atom. The van der Waals surface area contributed by atoms with Gasteiger partial charge in [0.15, 0.2) is 10.8 Å². The van der Waals surface area contributed by atoms with Crippen LogP contribution in [0.1, 0.15) is 29.9 Å². The monoisotopic (exact) mass is 405 g/mol. The molecule has 0 unspecified atom stereocenters. The lowest BCUT2D eigenvalue weighted by atomic mass is 10.2. The summed E-state index contributed by atoms with van der Waals surface area (Å²) < 4.78 is 2.54. The molecule has 0 aliphatic carbocycles. The first-order valence-corrected chi connectivity index (χ1v) is 10.2. The van der Waals surface area contributed by atoms with E-state index in [2.05, 4.69) is 23.8 Å². The molecule has 0 saturated heterocycles. The van der Waals surface area contributed by atoms with Gasteiger partial charge in [0.05, 0.1) is 15.2 Å². The van der Waals surface area contributed by atoms with Crippen LogP contribution in [0.3, 0.4) is 0 Å². The largest absolute Gasteiger partial charge is 0.302 e. The number of likely N-dealkylation sites (N-methyl/N-ethyl adjacent to an activating group) is 1. The van der Waals surface area contributed by atoms with Crippen LogP contribution in [0.15, 0.2) is 24.4 Å². The summed E-state index contributed by atoms with van der Waals surface area (Å²) in [6.07, 6.45) is 1.77. The van der Waals surface area contributed by atoms with Crippen molar-refractivity contribution >= 4 is 44.2 Å². The Morgan fingerprint density at radius 3 is 2.56 bits per heavy atom. The maximum absolute atomic E-state index is 13.2. The van der Waals surface area contributed by atoms with Crippen LogP contribution in [0.4, 0.5) is 5.13 Å². The molecular formula is C19H24ClN5OS. The minimum Gasteiger partial charge on any atom is -0.302 e. The molecule has 0 N–H and O–H groups in total. The molecule has 8 heteroatoms. The zero-order valence-electron chi connectivity index (χ0n) is 16.1. The van der Waals surface area contributed by atoms with E-state index in [1.165, 1.54) is 11.3 Å². The number of rotatable bonds is 7. The van der Waals surface area contributed by atoms with Crippen LogP contribution in [0.25, 0.3) is 10.2 Å². The van der Waals surface area contributed by atoms with E-state index in [1.54, 1.807) is 28.9 Å². The maximum atomic E-state index is 13.2. The van der Waals surface area contributed by atoms with Crippen molar-refractivity contribution in [3.63, 3.8) is 0 Å². The predicted molar refractivity (Wildman–Crippen MR) is 112 cm³/mol. The Balaban J connectivity index is 1.99. The Labute approximate surface area is 168 Å². The molecule has 0 atom stereocenters. The molecule has 1 amide bonds. The molecule has 2 heterocycles. The molecule has 27 heavy (non-hydrogen) atoms. The van der Waals surface area contributed by atoms with Gasteiger partial charge in [-0.15, -0.1) is 0 Å². The topological polar surface area (TPSA) is 54.3 Å². The van der Waals surface area contributed by atoms with Gasteiger partial charge in [-0.25, -0.2) is 4.98 Å². The number of carbonyl (C=O) groups is 1. The number of halogens is 1. The number of fused-ring (bicyclic) bond motifs is 1. The van der Waals surface area contributed by atoms with Crippen molar-refractivity contribution in [1.29, 1.82) is 0 Å². The van der Waals surface area contributed by atoms with Gasteiger partial charge in [-0.1, -0.05) is 42.9 Å². The second kappa shape index (κ2) is 8.37. The van der Waals surface area contributed by atoms with E-state index in [1.807, 2.05) is 19.1 Å². The summed E-state index contributed by atoms with van der Waals surface area (Å²) in [7, 11) is 1.80. The Kier molecular flexibility index (Phi) is 6.14. The molecule has 0 saturated carbocycles. The minimum absolute atomic E-state index is 0.143. The highest BCUT2D eigenvalue weighted by Gasteiger charge is 2.24. The van der Waals surface area contributed by atoms with Crippen molar-refractivity contribution in [2.45, 2.75) is 20.8 Å². The molecule has 3 aromatic rings. The van der Waals surface area contributed by atoms with Crippen molar-refractivity contribution in [1.82, 2.24) is 19.7 Å². The van der Waals surface area contributed by atoms with Crippen molar-refractivity contribution in [2.24, 2.45) is 7.05 Å². The van der Waals surface area contributed by atoms with Crippen LogP contribution in [-0.2, 0) is 7.05 Å². The molecule has 0 aliphatic heterocycles. The third-order valence-corrected chi connectivity index (χ3v) is 6.17. The molecule has 1 aromatic carbocycles. The Morgan fingerprint density at radius 2 is 1.96 bits per heavy atom. The molecule has 3 rings (SSSR count). The summed E-state index contributed by atoms with van der Waals surface area (Å²) in [6, 6.07) is 5.56. The first-order chi connectivity index (χ1) is 12.9. The number of hydrogen-bond acceptors (Lipinski definition) is 5. The smallest absolute Gasteiger partial charge is 0.280 e. The summed E-state index contributed by atoms with van der Waals surface area (Å²) in [6.45, 7) is 9.44. The summed E-state index contributed by atoms with van der Waals surface area (Å²) in [4.78, 5) is 21.9. The number of aromatic nitrogens is 3. The molecule has 0 bridgehead atoms. The lowest BCUT2D eigenvalue weighted by Gasteiger charge is -2.24. The van der Waals surface area contributed by atoms with Crippen molar-refractivity contribution < 1.29 is 4.79 Å². The summed E-state index contributed by atoms with van der Waals surface area (Å²) in [5, 5.41) is 5.59. The van der Waals surface area contributed by atoms with Crippen LogP contribution in [0.2, 0.25) is 5.02 Å². The highest BCUT2D eigenvalue weighted by Crippen LogP contribution is 2.36. The highest BCUT2D eigenvalue weighted by molar-refractivity contribution is 7.23. The number of thiazole rings is 1. The molecule has 0 fully saturated rings. The van der Waals surface area contributed by atoms with Crippen molar-refractivity contribution in [2.75, 3.05) is 31.1 Å². The highest BCUT2D eigenvalue weighted by atomic mass is 35.5. The third kappa shape index (κ3) is 4.15. The third-order valence-electron chi connectivity index (χ3n) is 4.63. The molecule has 144 valence electrons. The van der Waals surface area contributed by atoms with E-state index in [9.17, 15) is 4.79 Å². The molecular weight excluding hydrogens is 382 g/mol. The zero-order valence-corrected chi connectivity index (χ0v) is 17.6. The maximum Gasteiger partial charge on any atom is 0.280 e. The zero-order chi connectivity index (χ0) is 19.6. The number of hydrogen-bond donors (Lipinski definition) is 0. The van der Waals surface area contributed by atoms with Gasteiger partial charge in [0, 0.05) is 26.3 Å².